The molecule has 32 heavy (non-hydrogen) atoms. The molecule has 0 aliphatic carbocycles. The van der Waals surface area contributed by atoms with Crippen LogP contribution in [0, 0.1) is 3.57 Å². The van der Waals surface area contributed by atoms with E-state index in [0.717, 1.165) is 37.1 Å². The van der Waals surface area contributed by atoms with Gasteiger partial charge in [0, 0.05) is 27.9 Å². The molecule has 0 atom stereocenters. The first-order valence-corrected chi connectivity index (χ1v) is 11.0. The lowest BCUT2D eigenvalue weighted by Crippen LogP contribution is -2.07. The summed E-state index contributed by atoms with van der Waals surface area (Å²) in [7, 11) is 1.61. The number of nitrogens with one attached hydrogen (secondary N) is 1. The average Bonchev–Trinajstić information content (AvgIpc) is 3.24. The number of hydrogen-bond acceptors (Lipinski definition) is 8. The van der Waals surface area contributed by atoms with Crippen LogP contribution < -0.4 is 15.8 Å². The third kappa shape index (κ3) is 3.82. The summed E-state index contributed by atoms with van der Waals surface area (Å²) in [6.07, 6.45) is 3.41. The lowest BCUT2D eigenvalue weighted by Gasteiger charge is -2.09. The molecule has 1 aromatic carbocycles. The smallest absolute Gasteiger partial charge is 0.178 e. The molecule has 0 aliphatic rings. The molecule has 0 fully saturated rings. The Morgan fingerprint density at radius 1 is 1.09 bits per heavy atom. The van der Waals surface area contributed by atoms with E-state index in [1.54, 1.807) is 24.0 Å². The summed E-state index contributed by atoms with van der Waals surface area (Å²) >= 11 is 2.30. The Balaban J connectivity index is 1.45. The topological polar surface area (TPSA) is 116 Å². The van der Waals surface area contributed by atoms with Crippen LogP contribution in [0.2, 0.25) is 0 Å². The molecule has 5 aromatic rings. The van der Waals surface area contributed by atoms with Gasteiger partial charge in [-0.05, 0) is 52.4 Å². The van der Waals surface area contributed by atoms with E-state index in [2.05, 4.69) is 54.1 Å². The molecule has 0 radical (unpaired) electrons. The predicted octanol–water partition coefficient (Wildman–Crippen LogP) is 3.42. The lowest BCUT2D eigenvalue weighted by molar-refractivity contribution is 0.413. The maximum absolute atomic E-state index is 5.79. The van der Waals surface area contributed by atoms with Crippen LogP contribution in [0.4, 0.5) is 5.69 Å². The van der Waals surface area contributed by atoms with Gasteiger partial charge in [0.2, 0.25) is 0 Å². The number of methoxy groups -OCH3 is 1. The van der Waals surface area contributed by atoms with Crippen LogP contribution in [0.15, 0.2) is 54.9 Å². The third-order valence-electron chi connectivity index (χ3n) is 5.12. The average molecular weight is 538 g/mol. The summed E-state index contributed by atoms with van der Waals surface area (Å²) in [6, 6.07) is 13.7. The molecule has 0 aliphatic heterocycles. The largest absolute Gasteiger partial charge is 0.495 e. The Labute approximate surface area is 197 Å². The monoisotopic (exact) mass is 538 g/mol. The van der Waals surface area contributed by atoms with Crippen molar-refractivity contribution in [2.75, 3.05) is 12.4 Å². The normalized spacial score (nSPS) is 11.2. The van der Waals surface area contributed by atoms with E-state index in [4.69, 9.17) is 15.6 Å². The van der Waals surface area contributed by atoms with E-state index in [0.29, 0.717) is 30.3 Å². The summed E-state index contributed by atoms with van der Waals surface area (Å²) in [5, 5.41) is 16.7. The Morgan fingerprint density at radius 2 is 2.00 bits per heavy atom. The van der Waals surface area contributed by atoms with Crippen LogP contribution in [0.5, 0.6) is 5.75 Å². The van der Waals surface area contributed by atoms with E-state index in [9.17, 15) is 0 Å². The molecule has 10 heteroatoms. The van der Waals surface area contributed by atoms with Gasteiger partial charge in [-0.25, -0.2) is 4.98 Å². The summed E-state index contributed by atoms with van der Waals surface area (Å²) in [5.74, 6) is 1.35. The van der Waals surface area contributed by atoms with Crippen molar-refractivity contribution in [1.82, 2.24) is 29.8 Å². The first kappa shape index (κ1) is 20.5. The molecule has 4 aromatic heterocycles. The van der Waals surface area contributed by atoms with Crippen molar-refractivity contribution >= 4 is 45.0 Å². The fraction of sp³-hybridized carbons (Fsp3) is 0.136. The Morgan fingerprint density at radius 3 is 2.81 bits per heavy atom. The minimum absolute atomic E-state index is 0.425. The Hall–Kier alpha value is -3.38. The minimum Gasteiger partial charge on any atom is -0.495 e. The van der Waals surface area contributed by atoms with Crippen LogP contribution >= 0.6 is 22.6 Å². The van der Waals surface area contributed by atoms with Crippen molar-refractivity contribution in [2.24, 2.45) is 5.73 Å². The molecule has 5 rings (SSSR count). The summed E-state index contributed by atoms with van der Waals surface area (Å²) < 4.78 is 8.11. The van der Waals surface area contributed by atoms with Crippen LogP contribution in [-0.4, -0.2) is 36.9 Å². The number of pyridine rings is 2. The number of anilines is 1. The maximum atomic E-state index is 5.79. The molecule has 0 unspecified atom stereocenters. The van der Waals surface area contributed by atoms with Crippen molar-refractivity contribution < 1.29 is 4.74 Å². The number of aromatic nitrogens is 6. The lowest BCUT2D eigenvalue weighted by atomic mass is 10.1. The number of nitrogens with two attached hydrogens (primary N) is 1. The number of halogens is 1. The van der Waals surface area contributed by atoms with Crippen LogP contribution in [-0.2, 0) is 13.1 Å². The molecule has 3 N–H and O–H groups in total. The Bertz CT molecular complexity index is 1430. The van der Waals surface area contributed by atoms with E-state index >= 15 is 0 Å². The molecule has 4 heterocycles. The quantitative estimate of drug-likeness (QED) is 0.316. The minimum atomic E-state index is 0.425. The fourth-order valence-electron chi connectivity index (χ4n) is 3.41. The summed E-state index contributed by atoms with van der Waals surface area (Å²) in [5.41, 5.74) is 11.8. The molecule has 0 saturated carbocycles. The Kier molecular flexibility index (Phi) is 5.53. The highest BCUT2D eigenvalue weighted by Gasteiger charge is 2.11. The number of benzene rings is 1. The van der Waals surface area contributed by atoms with Crippen LogP contribution in [0.25, 0.3) is 27.9 Å². The number of ether oxygens (including phenoxy) is 1. The van der Waals surface area contributed by atoms with Gasteiger partial charge in [0.15, 0.2) is 11.5 Å². The van der Waals surface area contributed by atoms with Crippen molar-refractivity contribution in [3.05, 3.63) is 69.8 Å². The number of nitrogens with zero attached hydrogens (tertiary/aromatic N) is 6. The van der Waals surface area contributed by atoms with Gasteiger partial charge in [-0.2, -0.15) is 9.61 Å². The van der Waals surface area contributed by atoms with Gasteiger partial charge >= 0.3 is 0 Å². The van der Waals surface area contributed by atoms with E-state index in [-0.39, 0.29) is 0 Å². The van der Waals surface area contributed by atoms with Gasteiger partial charge in [0.25, 0.3) is 0 Å². The molecule has 160 valence electrons. The highest BCUT2D eigenvalue weighted by atomic mass is 127. The number of rotatable bonds is 6. The third-order valence-corrected chi connectivity index (χ3v) is 6.13. The summed E-state index contributed by atoms with van der Waals surface area (Å²) in [4.78, 5) is 8.85. The van der Waals surface area contributed by atoms with Gasteiger partial charge < -0.3 is 15.8 Å². The highest BCUT2D eigenvalue weighted by molar-refractivity contribution is 14.1. The van der Waals surface area contributed by atoms with Gasteiger partial charge in [0.05, 0.1) is 36.7 Å². The first-order chi connectivity index (χ1) is 15.7. The van der Waals surface area contributed by atoms with E-state index in [1.807, 2.05) is 36.4 Å². The number of hydrogen-bond donors (Lipinski definition) is 2. The van der Waals surface area contributed by atoms with Gasteiger partial charge in [0.1, 0.15) is 11.3 Å². The van der Waals surface area contributed by atoms with Crippen molar-refractivity contribution in [2.45, 2.75) is 13.1 Å². The van der Waals surface area contributed by atoms with Gasteiger partial charge in [-0.3, -0.25) is 4.98 Å². The molecule has 0 bridgehead atoms. The standard InChI is InChI=1S/C22H19IN8O/c1-32-15-9-19-22(27-11-15)18(6-7-25-19)26-12-21-29-28-20-5-4-17(30-31(20)21)13-2-3-14(10-24)16(23)8-13/h2-9,11H,10,12,24H2,1H3,(H,25,26). The second kappa shape index (κ2) is 8.63. The van der Waals surface area contributed by atoms with Crippen molar-refractivity contribution in [3.63, 3.8) is 0 Å². The molecule has 0 spiro atoms. The van der Waals surface area contributed by atoms with Crippen molar-refractivity contribution in [1.29, 1.82) is 0 Å². The van der Waals surface area contributed by atoms with Gasteiger partial charge in [-0.15, -0.1) is 10.2 Å². The second-order valence-corrected chi connectivity index (χ2v) is 8.23. The van der Waals surface area contributed by atoms with Crippen LogP contribution in [0.1, 0.15) is 11.4 Å². The van der Waals surface area contributed by atoms with Gasteiger partial charge in [-0.1, -0.05) is 12.1 Å². The van der Waals surface area contributed by atoms with E-state index in [1.165, 1.54) is 0 Å². The SMILES string of the molecule is COc1cnc2c(NCc3nnc4ccc(-c5ccc(CN)c(I)c5)nn34)ccnc2c1. The zero-order valence-corrected chi connectivity index (χ0v) is 19.3. The predicted molar refractivity (Wildman–Crippen MR) is 130 cm³/mol. The highest BCUT2D eigenvalue weighted by Crippen LogP contribution is 2.24. The zero-order valence-electron chi connectivity index (χ0n) is 17.2. The van der Waals surface area contributed by atoms with Crippen molar-refractivity contribution in [3.8, 4) is 17.0 Å². The molecular weight excluding hydrogens is 519 g/mol. The van der Waals surface area contributed by atoms with Crippen LogP contribution in [0.3, 0.4) is 0 Å². The summed E-state index contributed by atoms with van der Waals surface area (Å²) in [6.45, 7) is 0.936. The molecule has 0 amide bonds. The molecule has 9 nitrogen and oxygen atoms in total. The first-order valence-electron chi connectivity index (χ1n) is 9.89. The second-order valence-electron chi connectivity index (χ2n) is 7.07. The zero-order chi connectivity index (χ0) is 22.1. The molecule has 0 saturated heterocycles. The maximum Gasteiger partial charge on any atom is 0.178 e. The number of fused-ring (bicyclic) bond motifs is 2. The van der Waals surface area contributed by atoms with E-state index < -0.39 is 0 Å². The molecular formula is C22H19IN8O. The fourth-order valence-corrected chi connectivity index (χ4v) is 4.15.